The highest BCUT2D eigenvalue weighted by molar-refractivity contribution is 7.26. The van der Waals surface area contributed by atoms with Crippen LogP contribution in [0.3, 0.4) is 0 Å². The maximum Gasteiger partial charge on any atom is 0.146 e. The van der Waals surface area contributed by atoms with Crippen LogP contribution in [-0.2, 0) is 0 Å². The van der Waals surface area contributed by atoms with Crippen molar-refractivity contribution in [3.63, 3.8) is 0 Å². The second-order valence-electron chi connectivity index (χ2n) is 11.4. The molecule has 0 spiro atoms. The first-order chi connectivity index (χ1) is 21.8. The average Bonchev–Trinajstić information content (AvgIpc) is 3.67. The Bertz CT molecular complexity index is 2790. The predicted octanol–water partition coefficient (Wildman–Crippen LogP) is 11.0. The highest BCUT2D eigenvalue weighted by atomic mass is 32.1. The molecule has 6 aromatic carbocycles. The standard InChI is InChI=1S/C40H23N3S/c1-4-16-36-29(11-1)30-13-6-12-28(39(30)44-36)27-9-5-8-25(22-27)26-18-19-31-35(23-26)43-34-15-3-2-14-33(34)42-40(43)32-20-17-24-10-7-21-41-38(24)37(31)32/h1-23H. The Balaban J connectivity index is 1.25. The fraction of sp³-hybridized carbons (Fsp3) is 0. The number of fused-ring (bicyclic) bond motifs is 13. The normalized spacial score (nSPS) is 12.1. The van der Waals surface area contributed by atoms with Crippen molar-refractivity contribution in [3.8, 4) is 22.3 Å². The molecule has 3 nitrogen and oxygen atoms in total. The molecule has 10 aromatic rings. The molecule has 0 aliphatic heterocycles. The lowest BCUT2D eigenvalue weighted by atomic mass is 9.96. The van der Waals surface area contributed by atoms with Crippen molar-refractivity contribution in [1.82, 2.24) is 14.4 Å². The van der Waals surface area contributed by atoms with E-state index in [1.54, 1.807) is 0 Å². The first-order valence-electron chi connectivity index (χ1n) is 14.8. The number of nitrogens with zero attached hydrogens (tertiary/aromatic N) is 3. The maximum atomic E-state index is 5.14. The molecule has 0 amide bonds. The third-order valence-corrected chi connectivity index (χ3v) is 10.2. The Kier molecular flexibility index (Phi) is 4.87. The second kappa shape index (κ2) is 8.96. The molecular weight excluding hydrogens is 555 g/mol. The molecule has 0 bridgehead atoms. The number of hydrogen-bond donors (Lipinski definition) is 0. The van der Waals surface area contributed by atoms with E-state index in [1.165, 1.54) is 47.8 Å². The molecular formula is C40H23N3S. The fourth-order valence-corrected chi connectivity index (χ4v) is 8.24. The van der Waals surface area contributed by atoms with Gasteiger partial charge in [0.05, 0.1) is 22.1 Å². The summed E-state index contributed by atoms with van der Waals surface area (Å²) in [5, 5.41) is 7.22. The van der Waals surface area contributed by atoms with E-state index in [9.17, 15) is 0 Å². The van der Waals surface area contributed by atoms with Crippen LogP contribution < -0.4 is 0 Å². The number of imidazole rings is 1. The number of thiophene rings is 1. The van der Waals surface area contributed by atoms with Gasteiger partial charge in [0.25, 0.3) is 0 Å². The van der Waals surface area contributed by atoms with Crippen LogP contribution in [0.4, 0.5) is 0 Å². The zero-order chi connectivity index (χ0) is 28.8. The van der Waals surface area contributed by atoms with Crippen LogP contribution in [0.1, 0.15) is 0 Å². The maximum absolute atomic E-state index is 5.14. The lowest BCUT2D eigenvalue weighted by Crippen LogP contribution is -1.94. The van der Waals surface area contributed by atoms with Crippen molar-refractivity contribution in [2.24, 2.45) is 0 Å². The summed E-state index contributed by atoms with van der Waals surface area (Å²) < 4.78 is 4.99. The Labute approximate surface area is 256 Å². The lowest BCUT2D eigenvalue weighted by Gasteiger charge is -2.13. The monoisotopic (exact) mass is 577 g/mol. The number of benzene rings is 6. The topological polar surface area (TPSA) is 30.2 Å². The van der Waals surface area contributed by atoms with Gasteiger partial charge in [-0.2, -0.15) is 0 Å². The molecule has 0 radical (unpaired) electrons. The molecule has 0 saturated heterocycles. The van der Waals surface area contributed by atoms with Crippen molar-refractivity contribution in [2.45, 2.75) is 0 Å². The fourth-order valence-electron chi connectivity index (χ4n) is 7.00. The molecule has 0 atom stereocenters. The van der Waals surface area contributed by atoms with Crippen LogP contribution in [0.2, 0.25) is 0 Å². The molecule has 0 saturated carbocycles. The minimum absolute atomic E-state index is 0.962. The molecule has 0 fully saturated rings. The first kappa shape index (κ1) is 23.9. The van der Waals surface area contributed by atoms with E-state index in [0.29, 0.717) is 0 Å². The smallest absolute Gasteiger partial charge is 0.146 e. The quantitative estimate of drug-likeness (QED) is 0.191. The second-order valence-corrected chi connectivity index (χ2v) is 12.5. The zero-order valence-electron chi connectivity index (χ0n) is 23.5. The number of para-hydroxylation sites is 2. The zero-order valence-corrected chi connectivity index (χ0v) is 24.3. The van der Waals surface area contributed by atoms with E-state index in [1.807, 2.05) is 23.6 Å². The van der Waals surface area contributed by atoms with Gasteiger partial charge < -0.3 is 0 Å². The minimum Gasteiger partial charge on any atom is -0.292 e. The van der Waals surface area contributed by atoms with E-state index < -0.39 is 0 Å². The van der Waals surface area contributed by atoms with Gasteiger partial charge in [0.15, 0.2) is 0 Å². The van der Waals surface area contributed by atoms with E-state index in [4.69, 9.17) is 9.97 Å². The predicted molar refractivity (Wildman–Crippen MR) is 187 cm³/mol. The van der Waals surface area contributed by atoms with Crippen LogP contribution >= 0.6 is 11.3 Å². The van der Waals surface area contributed by atoms with Gasteiger partial charge in [-0.05, 0) is 64.7 Å². The largest absolute Gasteiger partial charge is 0.292 e. The molecule has 44 heavy (non-hydrogen) atoms. The SMILES string of the molecule is c1cc(-c2ccc3c4c(ccc5cccnc54)c4nc5ccccc5n4c3c2)cc(-c2cccc3c2sc2ccccc23)c1. The highest BCUT2D eigenvalue weighted by Crippen LogP contribution is 2.41. The van der Waals surface area contributed by atoms with Crippen LogP contribution in [0.5, 0.6) is 0 Å². The van der Waals surface area contributed by atoms with Gasteiger partial charge in [0.2, 0.25) is 0 Å². The Morgan fingerprint density at radius 2 is 1.36 bits per heavy atom. The summed E-state index contributed by atoms with van der Waals surface area (Å²) >= 11 is 1.88. The molecule has 0 aliphatic carbocycles. The molecule has 0 unspecified atom stereocenters. The summed E-state index contributed by atoms with van der Waals surface area (Å²) in [4.78, 5) is 9.99. The van der Waals surface area contributed by atoms with Crippen LogP contribution in [0.25, 0.3) is 91.7 Å². The molecule has 4 heteroatoms. The first-order valence-corrected chi connectivity index (χ1v) is 15.6. The van der Waals surface area contributed by atoms with Gasteiger partial charge in [0.1, 0.15) is 5.65 Å². The Hall–Kier alpha value is -5.58. The third-order valence-electron chi connectivity index (χ3n) is 9.00. The van der Waals surface area contributed by atoms with Crippen molar-refractivity contribution in [2.75, 3.05) is 0 Å². The van der Waals surface area contributed by atoms with E-state index in [-0.39, 0.29) is 0 Å². The van der Waals surface area contributed by atoms with Gasteiger partial charge >= 0.3 is 0 Å². The van der Waals surface area contributed by atoms with E-state index in [2.05, 4.69) is 132 Å². The number of aromatic nitrogens is 3. The van der Waals surface area contributed by atoms with Crippen molar-refractivity contribution in [1.29, 1.82) is 0 Å². The van der Waals surface area contributed by atoms with Gasteiger partial charge in [-0.25, -0.2) is 4.98 Å². The van der Waals surface area contributed by atoms with Crippen LogP contribution in [-0.4, -0.2) is 14.4 Å². The summed E-state index contributed by atoms with van der Waals surface area (Å²) in [5.41, 5.74) is 10.1. The van der Waals surface area contributed by atoms with Crippen molar-refractivity contribution >= 4 is 80.8 Å². The minimum atomic E-state index is 0.962. The molecule has 0 N–H and O–H groups in total. The van der Waals surface area contributed by atoms with E-state index in [0.717, 1.165) is 43.9 Å². The number of hydrogen-bond acceptors (Lipinski definition) is 3. The highest BCUT2D eigenvalue weighted by Gasteiger charge is 2.17. The summed E-state index contributed by atoms with van der Waals surface area (Å²) in [6.07, 6.45) is 1.89. The average molecular weight is 578 g/mol. The van der Waals surface area contributed by atoms with Gasteiger partial charge in [0, 0.05) is 47.9 Å². The molecule has 10 rings (SSSR count). The van der Waals surface area contributed by atoms with Gasteiger partial charge in [-0.3, -0.25) is 9.38 Å². The molecule has 204 valence electrons. The van der Waals surface area contributed by atoms with Gasteiger partial charge in [-0.15, -0.1) is 11.3 Å². The Morgan fingerprint density at radius 3 is 2.36 bits per heavy atom. The number of pyridine rings is 2. The summed E-state index contributed by atoms with van der Waals surface area (Å²) in [6, 6.07) is 48.1. The van der Waals surface area contributed by atoms with Crippen molar-refractivity contribution in [3.05, 3.63) is 140 Å². The molecule has 0 aliphatic rings. The summed E-state index contributed by atoms with van der Waals surface area (Å²) in [5.74, 6) is 0. The van der Waals surface area contributed by atoms with Crippen LogP contribution in [0, 0.1) is 0 Å². The van der Waals surface area contributed by atoms with Crippen LogP contribution in [0.15, 0.2) is 140 Å². The third kappa shape index (κ3) is 3.31. The summed E-state index contributed by atoms with van der Waals surface area (Å²) in [7, 11) is 0. The lowest BCUT2D eigenvalue weighted by molar-refractivity contribution is 1.31. The summed E-state index contributed by atoms with van der Waals surface area (Å²) in [6.45, 7) is 0. The van der Waals surface area contributed by atoms with Crippen molar-refractivity contribution < 1.29 is 0 Å². The number of rotatable bonds is 2. The molecule has 4 aromatic heterocycles. The van der Waals surface area contributed by atoms with E-state index >= 15 is 0 Å². The molecule has 4 heterocycles. The Morgan fingerprint density at radius 1 is 0.545 bits per heavy atom. The van der Waals surface area contributed by atoms with Gasteiger partial charge in [-0.1, -0.05) is 91.0 Å².